The number of alkyl halides is 3. The van der Waals surface area contributed by atoms with E-state index in [0.717, 1.165) is 0 Å². The first-order chi connectivity index (χ1) is 7.35. The molecule has 0 radical (unpaired) electrons. The highest BCUT2D eigenvalue weighted by molar-refractivity contribution is 5.85. The van der Waals surface area contributed by atoms with E-state index in [4.69, 9.17) is 5.73 Å². The van der Waals surface area contributed by atoms with Gasteiger partial charge in [-0.25, -0.2) is 0 Å². The zero-order valence-electron chi connectivity index (χ0n) is 10.1. The van der Waals surface area contributed by atoms with Gasteiger partial charge < -0.3 is 11.1 Å². The quantitative estimate of drug-likeness (QED) is 0.694. The summed E-state index contributed by atoms with van der Waals surface area (Å²) in [6.07, 6.45) is -3.43. The highest BCUT2D eigenvalue weighted by Crippen LogP contribution is 2.15. The van der Waals surface area contributed by atoms with Gasteiger partial charge in [0.15, 0.2) is 0 Å². The van der Waals surface area contributed by atoms with Gasteiger partial charge in [0.05, 0.1) is 6.54 Å². The van der Waals surface area contributed by atoms with Crippen LogP contribution in [0.4, 0.5) is 13.2 Å². The summed E-state index contributed by atoms with van der Waals surface area (Å²) < 4.78 is 35.8. The molecule has 0 saturated heterocycles. The summed E-state index contributed by atoms with van der Waals surface area (Å²) in [5.74, 6) is -0.166. The Hall–Kier alpha value is -0.240. The number of nitrogens with zero attached hydrogens (tertiary/aromatic N) is 1. The van der Waals surface area contributed by atoms with Crippen LogP contribution < -0.4 is 11.1 Å². The smallest absolute Gasteiger partial charge is 0.356 e. The average molecular weight is 314 g/mol. The summed E-state index contributed by atoms with van der Waals surface area (Å²) in [5, 5.41) is 2.57. The van der Waals surface area contributed by atoms with Gasteiger partial charge in [0.2, 0.25) is 5.91 Å². The molecule has 0 aromatic rings. The molecule has 0 unspecified atom stereocenters. The lowest BCUT2D eigenvalue weighted by atomic mass is 10.3. The number of carbonyl (C=O) groups is 1. The lowest BCUT2D eigenvalue weighted by Crippen LogP contribution is -2.34. The largest absolute Gasteiger partial charge is 0.401 e. The molecule has 0 spiro atoms. The van der Waals surface area contributed by atoms with E-state index in [-0.39, 0.29) is 43.7 Å². The van der Waals surface area contributed by atoms with E-state index < -0.39 is 12.7 Å². The van der Waals surface area contributed by atoms with Crippen LogP contribution in [0.3, 0.4) is 0 Å². The Balaban J connectivity index is -0.00000112. The molecular weight excluding hydrogens is 294 g/mol. The van der Waals surface area contributed by atoms with Crippen LogP contribution in [0.5, 0.6) is 0 Å². The van der Waals surface area contributed by atoms with Crippen molar-refractivity contribution < 1.29 is 18.0 Å². The highest BCUT2D eigenvalue weighted by Gasteiger charge is 2.28. The summed E-state index contributed by atoms with van der Waals surface area (Å²) in [6.45, 7) is 0.0208. The highest BCUT2D eigenvalue weighted by atomic mass is 35.5. The molecule has 0 saturated carbocycles. The first kappa shape index (κ1) is 22.9. The van der Waals surface area contributed by atoms with Crippen LogP contribution in [0.2, 0.25) is 0 Å². The van der Waals surface area contributed by atoms with E-state index in [1.54, 1.807) is 0 Å². The van der Waals surface area contributed by atoms with Crippen molar-refractivity contribution in [1.29, 1.82) is 0 Å². The van der Waals surface area contributed by atoms with Crippen molar-refractivity contribution >= 4 is 30.7 Å². The fraction of sp³-hybridized carbons (Fsp3) is 0.889. The first-order valence-corrected chi connectivity index (χ1v) is 5.07. The molecule has 112 valence electrons. The van der Waals surface area contributed by atoms with Gasteiger partial charge in [0.25, 0.3) is 0 Å². The molecule has 0 aliphatic carbocycles. The lowest BCUT2D eigenvalue weighted by molar-refractivity contribution is -0.143. The van der Waals surface area contributed by atoms with Crippen LogP contribution in [0, 0.1) is 0 Å². The van der Waals surface area contributed by atoms with Crippen LogP contribution in [-0.4, -0.2) is 50.2 Å². The summed E-state index contributed by atoms with van der Waals surface area (Å²) in [6, 6.07) is 0. The maximum Gasteiger partial charge on any atom is 0.401 e. The van der Waals surface area contributed by atoms with E-state index >= 15 is 0 Å². The second-order valence-corrected chi connectivity index (χ2v) is 3.60. The SMILES string of the molecule is CN(CCCNC(=O)CCN)CC(F)(F)F.Cl.Cl. The second-order valence-electron chi connectivity index (χ2n) is 3.60. The molecule has 3 N–H and O–H groups in total. The number of hydrogen-bond donors (Lipinski definition) is 2. The minimum atomic E-state index is -4.17. The Bertz CT molecular complexity index is 218. The fourth-order valence-corrected chi connectivity index (χ4v) is 1.18. The number of nitrogens with two attached hydrogens (primary N) is 1. The maximum absolute atomic E-state index is 11.9. The number of rotatable bonds is 7. The average Bonchev–Trinajstić information content (AvgIpc) is 2.10. The Morgan fingerprint density at radius 3 is 2.33 bits per heavy atom. The van der Waals surface area contributed by atoms with Crippen LogP contribution in [0.1, 0.15) is 12.8 Å². The molecule has 9 heteroatoms. The molecule has 0 bridgehead atoms. The predicted octanol–water partition coefficient (Wildman–Crippen LogP) is 1.18. The summed E-state index contributed by atoms with van der Waals surface area (Å²) >= 11 is 0. The van der Waals surface area contributed by atoms with Crippen molar-refractivity contribution in [2.75, 3.05) is 33.2 Å². The third-order valence-electron chi connectivity index (χ3n) is 1.86. The van der Waals surface area contributed by atoms with Crippen LogP contribution in [-0.2, 0) is 4.79 Å². The third kappa shape index (κ3) is 15.8. The molecule has 0 heterocycles. The third-order valence-corrected chi connectivity index (χ3v) is 1.86. The molecule has 18 heavy (non-hydrogen) atoms. The van der Waals surface area contributed by atoms with Gasteiger partial charge in [-0.05, 0) is 20.0 Å². The maximum atomic E-state index is 11.9. The minimum absolute atomic E-state index is 0. The molecule has 1 amide bonds. The van der Waals surface area contributed by atoms with Crippen molar-refractivity contribution in [2.45, 2.75) is 19.0 Å². The monoisotopic (exact) mass is 313 g/mol. The molecular formula is C9H20Cl2F3N3O. The van der Waals surface area contributed by atoms with Crippen molar-refractivity contribution in [1.82, 2.24) is 10.2 Å². The number of hydrogen-bond acceptors (Lipinski definition) is 3. The van der Waals surface area contributed by atoms with Gasteiger partial charge in [0.1, 0.15) is 0 Å². The number of nitrogens with one attached hydrogen (secondary N) is 1. The minimum Gasteiger partial charge on any atom is -0.356 e. The second kappa shape index (κ2) is 11.8. The van der Waals surface area contributed by atoms with Crippen LogP contribution in [0.15, 0.2) is 0 Å². The first-order valence-electron chi connectivity index (χ1n) is 5.07. The van der Waals surface area contributed by atoms with Crippen molar-refractivity contribution in [2.24, 2.45) is 5.73 Å². The normalized spacial score (nSPS) is 10.6. The Morgan fingerprint density at radius 2 is 1.89 bits per heavy atom. The molecule has 0 aliphatic heterocycles. The Labute approximate surface area is 117 Å². The van der Waals surface area contributed by atoms with E-state index in [1.165, 1.54) is 11.9 Å². The summed E-state index contributed by atoms with van der Waals surface area (Å²) in [7, 11) is 1.40. The zero-order valence-corrected chi connectivity index (χ0v) is 11.8. The fourth-order valence-electron chi connectivity index (χ4n) is 1.18. The topological polar surface area (TPSA) is 58.4 Å². The van der Waals surface area contributed by atoms with Crippen LogP contribution >= 0.6 is 24.8 Å². The molecule has 0 aromatic carbocycles. The van der Waals surface area contributed by atoms with Crippen molar-refractivity contribution in [3.63, 3.8) is 0 Å². The standard InChI is InChI=1S/C9H18F3N3O.2ClH/c1-15(7-9(10,11)12)6-2-5-14-8(16)3-4-13;;/h2-7,13H2,1H3,(H,14,16);2*1H. The van der Waals surface area contributed by atoms with E-state index in [9.17, 15) is 18.0 Å². The molecule has 0 aromatic heterocycles. The predicted molar refractivity (Wildman–Crippen MR) is 69.3 cm³/mol. The molecule has 0 atom stereocenters. The lowest BCUT2D eigenvalue weighted by Gasteiger charge is -2.18. The van der Waals surface area contributed by atoms with Gasteiger partial charge in [0, 0.05) is 19.5 Å². The number of halogens is 5. The van der Waals surface area contributed by atoms with Gasteiger partial charge >= 0.3 is 6.18 Å². The molecule has 4 nitrogen and oxygen atoms in total. The van der Waals surface area contributed by atoms with E-state index in [0.29, 0.717) is 19.5 Å². The Kier molecular flexibility index (Phi) is 15.0. The molecule has 0 rings (SSSR count). The summed E-state index contributed by atoms with van der Waals surface area (Å²) in [5.41, 5.74) is 5.16. The van der Waals surface area contributed by atoms with Gasteiger partial charge in [-0.3, -0.25) is 9.69 Å². The van der Waals surface area contributed by atoms with Crippen molar-refractivity contribution in [3.8, 4) is 0 Å². The molecule has 0 aliphatic rings. The van der Waals surface area contributed by atoms with Gasteiger partial charge in [-0.15, -0.1) is 24.8 Å². The van der Waals surface area contributed by atoms with Crippen molar-refractivity contribution in [3.05, 3.63) is 0 Å². The molecule has 0 fully saturated rings. The van der Waals surface area contributed by atoms with Gasteiger partial charge in [-0.1, -0.05) is 0 Å². The van der Waals surface area contributed by atoms with E-state index in [1.807, 2.05) is 0 Å². The summed E-state index contributed by atoms with van der Waals surface area (Å²) in [4.78, 5) is 12.1. The number of carbonyl (C=O) groups excluding carboxylic acids is 1. The Morgan fingerprint density at radius 1 is 1.33 bits per heavy atom. The van der Waals surface area contributed by atoms with Gasteiger partial charge in [-0.2, -0.15) is 13.2 Å². The zero-order chi connectivity index (χ0) is 12.6. The van der Waals surface area contributed by atoms with E-state index in [2.05, 4.69) is 5.32 Å². The number of amides is 1. The van der Waals surface area contributed by atoms with Crippen LogP contribution in [0.25, 0.3) is 0 Å².